The van der Waals surface area contributed by atoms with Gasteiger partial charge >= 0.3 is 0 Å². The molecule has 1 aromatic rings. The molecular formula is C14H21ClN2. The third kappa shape index (κ3) is 3.12. The zero-order chi connectivity index (χ0) is 12.3. The minimum atomic E-state index is 0.547. The molecule has 1 aromatic heterocycles. The fourth-order valence-electron chi connectivity index (χ4n) is 2.83. The van der Waals surface area contributed by atoms with Gasteiger partial charge in [-0.2, -0.15) is 0 Å². The van der Waals surface area contributed by atoms with E-state index in [9.17, 15) is 0 Å². The normalized spacial score (nSPS) is 24.9. The maximum atomic E-state index is 6.10. The molecule has 94 valence electrons. The van der Waals surface area contributed by atoms with E-state index in [0.717, 1.165) is 17.5 Å². The molecule has 0 radical (unpaired) electrons. The lowest BCUT2D eigenvalue weighted by Gasteiger charge is -2.35. The Labute approximate surface area is 109 Å². The summed E-state index contributed by atoms with van der Waals surface area (Å²) in [7, 11) is 0. The number of hydrogen-bond donors (Lipinski definition) is 1. The van der Waals surface area contributed by atoms with Gasteiger partial charge in [-0.1, -0.05) is 38.3 Å². The first kappa shape index (κ1) is 12.7. The van der Waals surface area contributed by atoms with Crippen LogP contribution in [0.2, 0.25) is 5.15 Å². The molecule has 0 saturated heterocycles. The average molecular weight is 253 g/mol. The summed E-state index contributed by atoms with van der Waals surface area (Å²) in [5, 5.41) is 4.17. The van der Waals surface area contributed by atoms with Crippen LogP contribution >= 0.6 is 11.6 Å². The summed E-state index contributed by atoms with van der Waals surface area (Å²) >= 11 is 6.10. The fourth-order valence-corrected chi connectivity index (χ4v) is 3.00. The minimum absolute atomic E-state index is 0.547. The number of nitrogens with one attached hydrogen (secondary N) is 1. The molecule has 0 spiro atoms. The van der Waals surface area contributed by atoms with Crippen molar-refractivity contribution in [2.24, 2.45) is 11.8 Å². The van der Waals surface area contributed by atoms with E-state index in [1.807, 2.05) is 12.1 Å². The van der Waals surface area contributed by atoms with Crippen LogP contribution in [-0.2, 0) is 0 Å². The highest BCUT2D eigenvalue weighted by Crippen LogP contribution is 2.33. The van der Waals surface area contributed by atoms with E-state index in [1.54, 1.807) is 6.20 Å². The maximum absolute atomic E-state index is 6.10. The molecule has 1 aliphatic carbocycles. The smallest absolute Gasteiger partial charge is 0.152 e. The van der Waals surface area contributed by atoms with Crippen molar-refractivity contribution in [1.29, 1.82) is 0 Å². The predicted octanol–water partition coefficient (Wildman–Crippen LogP) is 4.36. The minimum Gasteiger partial charge on any atom is -0.380 e. The van der Waals surface area contributed by atoms with Crippen LogP contribution in [0.15, 0.2) is 18.3 Å². The zero-order valence-electron chi connectivity index (χ0n) is 10.6. The molecule has 0 amide bonds. The molecule has 1 fully saturated rings. The van der Waals surface area contributed by atoms with Crippen LogP contribution in [0.3, 0.4) is 0 Å². The van der Waals surface area contributed by atoms with Crippen LogP contribution in [0.25, 0.3) is 0 Å². The van der Waals surface area contributed by atoms with Gasteiger partial charge in [0.25, 0.3) is 0 Å². The van der Waals surface area contributed by atoms with Gasteiger partial charge in [0.2, 0.25) is 0 Å². The number of halogens is 1. The largest absolute Gasteiger partial charge is 0.380 e. The lowest BCUT2D eigenvalue weighted by atomic mass is 9.78. The number of anilines is 1. The second-order valence-electron chi connectivity index (χ2n) is 5.28. The monoisotopic (exact) mass is 252 g/mol. The Balaban J connectivity index is 2.08. The van der Waals surface area contributed by atoms with Crippen molar-refractivity contribution in [3.8, 4) is 0 Å². The van der Waals surface area contributed by atoms with Crippen LogP contribution in [0.1, 0.15) is 39.5 Å². The average Bonchev–Trinajstić information content (AvgIpc) is 2.32. The second kappa shape index (κ2) is 5.72. The van der Waals surface area contributed by atoms with Gasteiger partial charge in [-0.15, -0.1) is 0 Å². The lowest BCUT2D eigenvalue weighted by Crippen LogP contribution is -2.35. The van der Waals surface area contributed by atoms with E-state index in [-0.39, 0.29) is 0 Å². The van der Waals surface area contributed by atoms with E-state index in [0.29, 0.717) is 11.2 Å². The van der Waals surface area contributed by atoms with Crippen LogP contribution in [-0.4, -0.2) is 11.0 Å². The Morgan fingerprint density at radius 2 is 2.12 bits per heavy atom. The van der Waals surface area contributed by atoms with Crippen LogP contribution in [0.4, 0.5) is 5.69 Å². The van der Waals surface area contributed by atoms with E-state index in [1.165, 1.54) is 25.7 Å². The third-order valence-corrected chi connectivity index (χ3v) is 4.08. The Morgan fingerprint density at radius 1 is 1.35 bits per heavy atom. The molecule has 0 aromatic carbocycles. The Bertz CT molecular complexity index is 365. The van der Waals surface area contributed by atoms with E-state index in [2.05, 4.69) is 24.1 Å². The SMILES string of the molecule is CC(C)C1CCCCC1Nc1cccnc1Cl. The topological polar surface area (TPSA) is 24.9 Å². The summed E-state index contributed by atoms with van der Waals surface area (Å²) in [6, 6.07) is 4.49. The maximum Gasteiger partial charge on any atom is 0.152 e. The van der Waals surface area contributed by atoms with Crippen molar-refractivity contribution in [3.63, 3.8) is 0 Å². The molecule has 1 N–H and O–H groups in total. The summed E-state index contributed by atoms with van der Waals surface area (Å²) in [6.45, 7) is 4.63. The van der Waals surface area contributed by atoms with Gasteiger partial charge < -0.3 is 5.32 Å². The third-order valence-electron chi connectivity index (χ3n) is 3.78. The predicted molar refractivity (Wildman–Crippen MR) is 73.5 cm³/mol. The highest BCUT2D eigenvalue weighted by Gasteiger charge is 2.27. The van der Waals surface area contributed by atoms with Gasteiger partial charge in [0.15, 0.2) is 5.15 Å². The Hall–Kier alpha value is -0.760. The van der Waals surface area contributed by atoms with Crippen molar-refractivity contribution in [2.75, 3.05) is 5.32 Å². The number of pyridine rings is 1. The van der Waals surface area contributed by atoms with Gasteiger partial charge in [0.05, 0.1) is 5.69 Å². The number of rotatable bonds is 3. The highest BCUT2D eigenvalue weighted by atomic mass is 35.5. The molecule has 3 heteroatoms. The number of hydrogen-bond acceptors (Lipinski definition) is 2. The number of nitrogens with zero attached hydrogens (tertiary/aromatic N) is 1. The van der Waals surface area contributed by atoms with Crippen LogP contribution < -0.4 is 5.32 Å². The first-order valence-corrected chi connectivity index (χ1v) is 6.93. The summed E-state index contributed by atoms with van der Waals surface area (Å²) in [5.74, 6) is 1.48. The fraction of sp³-hybridized carbons (Fsp3) is 0.643. The number of aromatic nitrogens is 1. The van der Waals surface area contributed by atoms with Crippen molar-refractivity contribution >= 4 is 17.3 Å². The van der Waals surface area contributed by atoms with Crippen molar-refractivity contribution < 1.29 is 0 Å². The second-order valence-corrected chi connectivity index (χ2v) is 5.64. The standard InChI is InChI=1S/C14H21ClN2/c1-10(2)11-6-3-4-7-12(11)17-13-8-5-9-16-14(13)15/h5,8-12,17H,3-4,6-7H2,1-2H3. The van der Waals surface area contributed by atoms with E-state index < -0.39 is 0 Å². The van der Waals surface area contributed by atoms with Gasteiger partial charge in [-0.25, -0.2) is 4.98 Å². The van der Waals surface area contributed by atoms with Gasteiger partial charge in [-0.05, 0) is 36.8 Å². The first-order chi connectivity index (χ1) is 8.18. The van der Waals surface area contributed by atoms with E-state index in [4.69, 9.17) is 11.6 Å². The lowest BCUT2D eigenvalue weighted by molar-refractivity contribution is 0.254. The molecule has 0 bridgehead atoms. The van der Waals surface area contributed by atoms with E-state index >= 15 is 0 Å². The molecule has 1 aliphatic rings. The van der Waals surface area contributed by atoms with Crippen molar-refractivity contribution in [1.82, 2.24) is 4.98 Å². The molecular weight excluding hydrogens is 232 g/mol. The molecule has 1 saturated carbocycles. The highest BCUT2D eigenvalue weighted by molar-refractivity contribution is 6.31. The molecule has 0 aliphatic heterocycles. The summed E-state index contributed by atoms with van der Waals surface area (Å²) in [6.07, 6.45) is 6.98. The first-order valence-electron chi connectivity index (χ1n) is 6.55. The molecule has 2 nitrogen and oxygen atoms in total. The summed E-state index contributed by atoms with van der Waals surface area (Å²) < 4.78 is 0. The van der Waals surface area contributed by atoms with Crippen LogP contribution in [0, 0.1) is 11.8 Å². The molecule has 1 heterocycles. The Kier molecular flexibility index (Phi) is 4.27. The van der Waals surface area contributed by atoms with Gasteiger partial charge in [-0.3, -0.25) is 0 Å². The quantitative estimate of drug-likeness (QED) is 0.809. The van der Waals surface area contributed by atoms with Gasteiger partial charge in [0.1, 0.15) is 0 Å². The molecule has 2 rings (SSSR count). The molecule has 2 unspecified atom stereocenters. The van der Waals surface area contributed by atoms with Crippen LogP contribution in [0.5, 0.6) is 0 Å². The zero-order valence-corrected chi connectivity index (χ0v) is 11.4. The summed E-state index contributed by atoms with van der Waals surface area (Å²) in [4.78, 5) is 4.12. The van der Waals surface area contributed by atoms with Crippen molar-refractivity contribution in [3.05, 3.63) is 23.5 Å². The van der Waals surface area contributed by atoms with Gasteiger partial charge in [0, 0.05) is 12.2 Å². The molecule has 17 heavy (non-hydrogen) atoms. The summed E-state index contributed by atoms with van der Waals surface area (Å²) in [5.41, 5.74) is 0.978. The Morgan fingerprint density at radius 3 is 2.82 bits per heavy atom. The molecule has 2 atom stereocenters. The van der Waals surface area contributed by atoms with Crippen molar-refractivity contribution in [2.45, 2.75) is 45.6 Å².